The normalized spacial score (nSPS) is 11.7. The molecule has 0 saturated heterocycles. The molecule has 0 radical (unpaired) electrons. The summed E-state index contributed by atoms with van der Waals surface area (Å²) in [5.41, 5.74) is 0.610. The van der Waals surface area contributed by atoms with Crippen LogP contribution in [0.4, 0.5) is 4.39 Å². The van der Waals surface area contributed by atoms with E-state index in [4.69, 9.17) is 0 Å². The molecule has 0 unspecified atom stereocenters. The number of hydrogen-bond donors (Lipinski definition) is 2. The van der Waals surface area contributed by atoms with Crippen LogP contribution in [0.5, 0.6) is 5.75 Å². The van der Waals surface area contributed by atoms with Crippen LogP contribution in [0, 0.1) is 5.82 Å². The molecule has 0 aliphatic heterocycles. The van der Waals surface area contributed by atoms with E-state index in [1.165, 1.54) is 6.07 Å². The molecule has 0 fully saturated rings. The lowest BCUT2D eigenvalue weighted by molar-refractivity contribution is 0.454. The van der Waals surface area contributed by atoms with Crippen molar-refractivity contribution in [2.45, 2.75) is 19.3 Å². The second-order valence-electron chi connectivity index (χ2n) is 4.11. The maximum absolute atomic E-state index is 13.0. The first-order valence-corrected chi connectivity index (χ1v) is 4.60. The maximum Gasteiger partial charge on any atom is 0.127 e. The topological polar surface area (TPSA) is 32.3 Å². The molecule has 2 N–H and O–H groups in total. The molecule has 0 bridgehead atoms. The maximum atomic E-state index is 13.0. The molecule has 14 heavy (non-hydrogen) atoms. The highest BCUT2D eigenvalue weighted by atomic mass is 19.1. The molecule has 3 heteroatoms. The van der Waals surface area contributed by atoms with Gasteiger partial charge in [-0.1, -0.05) is 13.8 Å². The third-order valence-corrected chi connectivity index (χ3v) is 2.28. The van der Waals surface area contributed by atoms with E-state index in [1.54, 1.807) is 6.07 Å². The number of phenolic OH excluding ortho intramolecular Hbond substituents is 1. The van der Waals surface area contributed by atoms with E-state index < -0.39 is 5.82 Å². The second-order valence-corrected chi connectivity index (χ2v) is 4.11. The standard InChI is InChI=1S/C11H16FNO/c1-11(2,7-13-3)8-4-9(12)6-10(14)5-8/h4-6,13-14H,7H2,1-3H3. The van der Waals surface area contributed by atoms with Crippen LogP contribution in [0.1, 0.15) is 19.4 Å². The Labute approximate surface area is 83.8 Å². The van der Waals surface area contributed by atoms with Crippen LogP contribution >= 0.6 is 0 Å². The number of rotatable bonds is 3. The van der Waals surface area contributed by atoms with Gasteiger partial charge in [-0.15, -0.1) is 0 Å². The number of aromatic hydroxyl groups is 1. The summed E-state index contributed by atoms with van der Waals surface area (Å²) in [7, 11) is 1.85. The zero-order chi connectivity index (χ0) is 10.8. The second kappa shape index (κ2) is 3.96. The number of likely N-dealkylation sites (N-methyl/N-ethyl adjacent to an activating group) is 1. The van der Waals surface area contributed by atoms with Crippen molar-refractivity contribution in [2.24, 2.45) is 0 Å². The Hall–Kier alpha value is -1.09. The molecule has 1 rings (SSSR count). The van der Waals surface area contributed by atoms with Crippen molar-refractivity contribution in [1.29, 1.82) is 0 Å². The fourth-order valence-corrected chi connectivity index (χ4v) is 1.51. The Bertz CT molecular complexity index is 303. The fraction of sp³-hybridized carbons (Fsp3) is 0.455. The van der Waals surface area contributed by atoms with Gasteiger partial charge < -0.3 is 10.4 Å². The van der Waals surface area contributed by atoms with Crippen molar-refractivity contribution < 1.29 is 9.50 Å². The molecule has 0 spiro atoms. The van der Waals surface area contributed by atoms with E-state index in [9.17, 15) is 9.50 Å². The van der Waals surface area contributed by atoms with Gasteiger partial charge in [0.15, 0.2) is 0 Å². The van der Waals surface area contributed by atoms with Gasteiger partial charge in [-0.2, -0.15) is 0 Å². The number of nitrogens with one attached hydrogen (secondary N) is 1. The van der Waals surface area contributed by atoms with E-state index >= 15 is 0 Å². The largest absolute Gasteiger partial charge is 0.508 e. The van der Waals surface area contributed by atoms with Gasteiger partial charge in [-0.05, 0) is 24.7 Å². The van der Waals surface area contributed by atoms with E-state index in [0.29, 0.717) is 0 Å². The first kappa shape index (κ1) is 11.0. The van der Waals surface area contributed by atoms with Gasteiger partial charge in [0.2, 0.25) is 0 Å². The minimum absolute atomic E-state index is 0.0239. The van der Waals surface area contributed by atoms with Gasteiger partial charge in [-0.25, -0.2) is 4.39 Å². The molecule has 0 aliphatic carbocycles. The SMILES string of the molecule is CNCC(C)(C)c1cc(O)cc(F)c1. The number of hydrogen-bond acceptors (Lipinski definition) is 2. The molecule has 1 aromatic rings. The van der Waals surface area contributed by atoms with Crippen LogP contribution in [0.2, 0.25) is 0 Å². The minimum Gasteiger partial charge on any atom is -0.508 e. The minimum atomic E-state index is -0.399. The molecule has 0 atom stereocenters. The highest BCUT2D eigenvalue weighted by Crippen LogP contribution is 2.26. The summed E-state index contributed by atoms with van der Waals surface area (Å²) in [6.07, 6.45) is 0. The van der Waals surface area contributed by atoms with Crippen LogP contribution in [-0.2, 0) is 5.41 Å². The predicted octanol–water partition coefficient (Wildman–Crippen LogP) is 2.03. The first-order chi connectivity index (χ1) is 6.45. The summed E-state index contributed by atoms with van der Waals surface area (Å²) in [6, 6.07) is 4.16. The summed E-state index contributed by atoms with van der Waals surface area (Å²) in [5.74, 6) is -0.423. The first-order valence-electron chi connectivity index (χ1n) is 4.60. The monoisotopic (exact) mass is 197 g/mol. The molecule has 1 aromatic carbocycles. The zero-order valence-corrected chi connectivity index (χ0v) is 8.76. The van der Waals surface area contributed by atoms with Crippen molar-refractivity contribution in [3.8, 4) is 5.75 Å². The Balaban J connectivity index is 3.05. The molecular formula is C11H16FNO. The smallest absolute Gasteiger partial charge is 0.127 e. The van der Waals surface area contributed by atoms with Crippen molar-refractivity contribution in [1.82, 2.24) is 5.32 Å². The quantitative estimate of drug-likeness (QED) is 0.777. The van der Waals surface area contributed by atoms with Crippen molar-refractivity contribution in [2.75, 3.05) is 13.6 Å². The summed E-state index contributed by atoms with van der Waals surface area (Å²) in [4.78, 5) is 0. The number of phenols is 1. The van der Waals surface area contributed by atoms with E-state index in [2.05, 4.69) is 5.32 Å². The summed E-state index contributed by atoms with van der Waals surface area (Å²) < 4.78 is 13.0. The van der Waals surface area contributed by atoms with E-state index in [-0.39, 0.29) is 11.2 Å². The summed E-state index contributed by atoms with van der Waals surface area (Å²) >= 11 is 0. The summed E-state index contributed by atoms with van der Waals surface area (Å²) in [5, 5.41) is 12.3. The van der Waals surface area contributed by atoms with Crippen LogP contribution in [0.15, 0.2) is 18.2 Å². The van der Waals surface area contributed by atoms with Gasteiger partial charge in [0.05, 0.1) is 0 Å². The molecular weight excluding hydrogens is 181 g/mol. The van der Waals surface area contributed by atoms with Crippen LogP contribution in [0.25, 0.3) is 0 Å². The molecule has 0 aromatic heterocycles. The highest BCUT2D eigenvalue weighted by Gasteiger charge is 2.20. The van der Waals surface area contributed by atoms with E-state index in [1.807, 2.05) is 20.9 Å². The third-order valence-electron chi connectivity index (χ3n) is 2.28. The fourth-order valence-electron chi connectivity index (χ4n) is 1.51. The molecule has 0 aliphatic rings. The third kappa shape index (κ3) is 2.45. The lowest BCUT2D eigenvalue weighted by Crippen LogP contribution is -2.30. The van der Waals surface area contributed by atoms with Gasteiger partial charge in [-0.3, -0.25) is 0 Å². The lowest BCUT2D eigenvalue weighted by atomic mass is 9.84. The number of halogens is 1. The van der Waals surface area contributed by atoms with Gasteiger partial charge in [0.1, 0.15) is 11.6 Å². The zero-order valence-electron chi connectivity index (χ0n) is 8.76. The van der Waals surface area contributed by atoms with Crippen LogP contribution in [-0.4, -0.2) is 18.7 Å². The molecule has 0 saturated carbocycles. The van der Waals surface area contributed by atoms with Gasteiger partial charge >= 0.3 is 0 Å². The van der Waals surface area contributed by atoms with Crippen molar-refractivity contribution >= 4 is 0 Å². The van der Waals surface area contributed by atoms with Crippen molar-refractivity contribution in [3.63, 3.8) is 0 Å². The number of benzene rings is 1. The predicted molar refractivity (Wildman–Crippen MR) is 55.0 cm³/mol. The molecule has 2 nitrogen and oxygen atoms in total. The molecule has 0 heterocycles. The van der Waals surface area contributed by atoms with Crippen molar-refractivity contribution in [3.05, 3.63) is 29.6 Å². The highest BCUT2D eigenvalue weighted by molar-refractivity contribution is 5.33. The molecule has 78 valence electrons. The Kier molecular flexibility index (Phi) is 3.11. The van der Waals surface area contributed by atoms with E-state index in [0.717, 1.165) is 18.2 Å². The average molecular weight is 197 g/mol. The van der Waals surface area contributed by atoms with Gasteiger partial charge in [0.25, 0.3) is 0 Å². The summed E-state index contributed by atoms with van der Waals surface area (Å²) in [6.45, 7) is 4.73. The lowest BCUT2D eigenvalue weighted by Gasteiger charge is -2.25. The average Bonchev–Trinajstić information content (AvgIpc) is 2.02. The van der Waals surface area contributed by atoms with Crippen LogP contribution in [0.3, 0.4) is 0 Å². The Morgan fingerprint density at radius 3 is 2.50 bits per heavy atom. The Morgan fingerprint density at radius 1 is 1.36 bits per heavy atom. The van der Waals surface area contributed by atoms with Crippen LogP contribution < -0.4 is 5.32 Å². The Morgan fingerprint density at radius 2 is 2.00 bits per heavy atom. The van der Waals surface area contributed by atoms with Gasteiger partial charge in [0, 0.05) is 18.0 Å². The molecule has 0 amide bonds.